The fourth-order valence-electron chi connectivity index (χ4n) is 2.89. The minimum absolute atomic E-state index is 0.00912. The fourth-order valence-corrected chi connectivity index (χ4v) is 3.62. The van der Waals surface area contributed by atoms with Crippen LogP contribution in [-0.2, 0) is 16.0 Å². The third-order valence-electron chi connectivity index (χ3n) is 4.58. The molecule has 1 saturated carbocycles. The number of amides is 3. The highest BCUT2D eigenvalue weighted by molar-refractivity contribution is 7.13. The quantitative estimate of drug-likeness (QED) is 0.585. The van der Waals surface area contributed by atoms with E-state index in [4.69, 9.17) is 0 Å². The summed E-state index contributed by atoms with van der Waals surface area (Å²) in [5.74, 6) is -0.490. The number of anilines is 1. The number of rotatable bonds is 10. The molecule has 3 rings (SSSR count). The number of hydrogen-bond donors (Lipinski definition) is 2. The van der Waals surface area contributed by atoms with Gasteiger partial charge in [0.2, 0.25) is 11.8 Å². The van der Waals surface area contributed by atoms with Gasteiger partial charge in [-0.3, -0.25) is 14.4 Å². The largest absolute Gasteiger partial charge is 0.356 e. The lowest BCUT2D eigenvalue weighted by molar-refractivity contribution is -0.120. The van der Waals surface area contributed by atoms with E-state index < -0.39 is 0 Å². The van der Waals surface area contributed by atoms with Crippen LogP contribution in [0.15, 0.2) is 35.7 Å². The van der Waals surface area contributed by atoms with Crippen molar-refractivity contribution in [2.75, 3.05) is 18.4 Å². The molecule has 2 N–H and O–H groups in total. The lowest BCUT2D eigenvalue weighted by Crippen LogP contribution is -2.39. The zero-order valence-electron chi connectivity index (χ0n) is 16.5. The van der Waals surface area contributed by atoms with Gasteiger partial charge in [-0.2, -0.15) is 0 Å². The Hall–Kier alpha value is -2.74. The van der Waals surface area contributed by atoms with E-state index in [-0.39, 0.29) is 36.7 Å². The molecule has 7 nitrogen and oxygen atoms in total. The van der Waals surface area contributed by atoms with Crippen molar-refractivity contribution in [2.45, 2.75) is 45.1 Å². The maximum Gasteiger partial charge on any atom is 0.254 e. The minimum atomic E-state index is -0.283. The van der Waals surface area contributed by atoms with Gasteiger partial charge < -0.3 is 15.5 Å². The summed E-state index contributed by atoms with van der Waals surface area (Å²) < 4.78 is 0. The standard InChI is InChI=1S/C21H26N4O3S/c1-2-3-11-22-18(26)12-16-14-29-21(23-16)24-19(27)13-25(17-9-10-17)20(28)15-7-5-4-6-8-15/h4-8,14,17H,2-3,9-13H2,1H3,(H,22,26)(H,23,24,27). The number of carbonyl (C=O) groups excluding carboxylic acids is 3. The van der Waals surface area contributed by atoms with Crippen LogP contribution in [0.1, 0.15) is 48.7 Å². The average Bonchev–Trinajstić information content (AvgIpc) is 3.47. The van der Waals surface area contributed by atoms with E-state index in [2.05, 4.69) is 22.5 Å². The van der Waals surface area contributed by atoms with Crippen LogP contribution in [0.2, 0.25) is 0 Å². The SMILES string of the molecule is CCCCNC(=O)Cc1csc(NC(=O)CN(C(=O)c2ccccc2)C2CC2)n1. The van der Waals surface area contributed by atoms with E-state index in [1.807, 2.05) is 18.2 Å². The van der Waals surface area contributed by atoms with E-state index in [0.717, 1.165) is 25.7 Å². The average molecular weight is 415 g/mol. The third kappa shape index (κ3) is 6.39. The first kappa shape index (κ1) is 21.0. The van der Waals surface area contributed by atoms with Crippen LogP contribution in [0.3, 0.4) is 0 Å². The molecule has 1 aromatic heterocycles. The van der Waals surface area contributed by atoms with Gasteiger partial charge in [0.05, 0.1) is 12.1 Å². The molecular weight excluding hydrogens is 388 g/mol. The Morgan fingerprint density at radius 2 is 1.93 bits per heavy atom. The Morgan fingerprint density at radius 3 is 2.62 bits per heavy atom. The first-order valence-electron chi connectivity index (χ1n) is 9.93. The van der Waals surface area contributed by atoms with Gasteiger partial charge in [0.25, 0.3) is 5.91 Å². The van der Waals surface area contributed by atoms with Gasteiger partial charge in [-0.05, 0) is 31.4 Å². The molecule has 0 bridgehead atoms. The highest BCUT2D eigenvalue weighted by Crippen LogP contribution is 2.28. The second kappa shape index (κ2) is 10.2. The smallest absolute Gasteiger partial charge is 0.254 e. The zero-order valence-corrected chi connectivity index (χ0v) is 17.3. The lowest BCUT2D eigenvalue weighted by Gasteiger charge is -2.21. The molecule has 0 atom stereocenters. The molecule has 0 saturated heterocycles. The van der Waals surface area contributed by atoms with E-state index in [1.54, 1.807) is 22.4 Å². The van der Waals surface area contributed by atoms with Crippen molar-refractivity contribution in [3.63, 3.8) is 0 Å². The summed E-state index contributed by atoms with van der Waals surface area (Å²) in [7, 11) is 0. The van der Waals surface area contributed by atoms with Crippen molar-refractivity contribution >= 4 is 34.2 Å². The third-order valence-corrected chi connectivity index (χ3v) is 5.38. The molecule has 154 valence electrons. The number of hydrogen-bond acceptors (Lipinski definition) is 5. The van der Waals surface area contributed by atoms with E-state index in [0.29, 0.717) is 22.9 Å². The number of unbranched alkanes of at least 4 members (excludes halogenated alkanes) is 1. The molecule has 0 radical (unpaired) electrons. The number of benzene rings is 1. The maximum atomic E-state index is 12.7. The molecule has 1 heterocycles. The van der Waals surface area contributed by atoms with Gasteiger partial charge in [0.15, 0.2) is 5.13 Å². The van der Waals surface area contributed by atoms with E-state index in [1.165, 1.54) is 11.3 Å². The number of thiazole rings is 1. The van der Waals surface area contributed by atoms with E-state index >= 15 is 0 Å². The number of nitrogens with zero attached hydrogens (tertiary/aromatic N) is 2. The Balaban J connectivity index is 1.52. The van der Waals surface area contributed by atoms with Crippen molar-refractivity contribution < 1.29 is 14.4 Å². The van der Waals surface area contributed by atoms with Crippen molar-refractivity contribution in [3.8, 4) is 0 Å². The molecule has 0 unspecified atom stereocenters. The molecule has 3 amide bonds. The van der Waals surface area contributed by atoms with Crippen molar-refractivity contribution in [1.82, 2.24) is 15.2 Å². The molecule has 1 aromatic carbocycles. The summed E-state index contributed by atoms with van der Waals surface area (Å²) >= 11 is 1.28. The first-order valence-corrected chi connectivity index (χ1v) is 10.8. The van der Waals surface area contributed by atoms with Crippen LogP contribution < -0.4 is 10.6 Å². The van der Waals surface area contributed by atoms with Gasteiger partial charge in [-0.15, -0.1) is 11.3 Å². The Morgan fingerprint density at radius 1 is 1.17 bits per heavy atom. The molecular formula is C21H26N4O3S. The highest BCUT2D eigenvalue weighted by Gasteiger charge is 2.34. The Labute approximate surface area is 174 Å². The zero-order chi connectivity index (χ0) is 20.6. The van der Waals surface area contributed by atoms with Gasteiger partial charge in [-0.1, -0.05) is 31.5 Å². The van der Waals surface area contributed by atoms with Crippen molar-refractivity contribution in [3.05, 3.63) is 47.0 Å². The van der Waals surface area contributed by atoms with Gasteiger partial charge >= 0.3 is 0 Å². The molecule has 2 aromatic rings. The van der Waals surface area contributed by atoms with Crippen LogP contribution in [0, 0.1) is 0 Å². The van der Waals surface area contributed by atoms with Gasteiger partial charge in [0.1, 0.15) is 6.54 Å². The molecule has 1 aliphatic carbocycles. The fraction of sp³-hybridized carbons (Fsp3) is 0.429. The number of nitrogens with one attached hydrogen (secondary N) is 2. The van der Waals surface area contributed by atoms with Gasteiger partial charge in [0, 0.05) is 23.5 Å². The summed E-state index contributed by atoms with van der Waals surface area (Å²) in [6.45, 7) is 2.72. The number of aromatic nitrogens is 1. The predicted octanol–water partition coefficient (Wildman–Crippen LogP) is 2.85. The van der Waals surface area contributed by atoms with Crippen molar-refractivity contribution in [2.24, 2.45) is 0 Å². The summed E-state index contributed by atoms with van der Waals surface area (Å²) in [6.07, 6.45) is 4.00. The van der Waals surface area contributed by atoms with Crippen LogP contribution in [0.5, 0.6) is 0 Å². The second-order valence-electron chi connectivity index (χ2n) is 7.10. The Bertz CT molecular complexity index is 849. The molecule has 0 aliphatic heterocycles. The maximum absolute atomic E-state index is 12.7. The van der Waals surface area contributed by atoms with Crippen LogP contribution in [-0.4, -0.2) is 46.7 Å². The summed E-state index contributed by atoms with van der Waals surface area (Å²) in [4.78, 5) is 43.0. The normalized spacial score (nSPS) is 13.0. The minimum Gasteiger partial charge on any atom is -0.356 e. The van der Waals surface area contributed by atoms with Crippen LogP contribution in [0.25, 0.3) is 0 Å². The highest BCUT2D eigenvalue weighted by atomic mass is 32.1. The molecule has 0 spiro atoms. The number of carbonyl (C=O) groups is 3. The summed E-state index contributed by atoms with van der Waals surface area (Å²) in [6, 6.07) is 9.12. The lowest BCUT2D eigenvalue weighted by atomic mass is 10.2. The second-order valence-corrected chi connectivity index (χ2v) is 7.96. The Kier molecular flexibility index (Phi) is 7.35. The molecule has 1 aliphatic rings. The van der Waals surface area contributed by atoms with Gasteiger partial charge in [-0.25, -0.2) is 4.98 Å². The molecule has 1 fully saturated rings. The predicted molar refractivity (Wildman–Crippen MR) is 113 cm³/mol. The monoisotopic (exact) mass is 414 g/mol. The molecule has 29 heavy (non-hydrogen) atoms. The van der Waals surface area contributed by atoms with Crippen LogP contribution in [0.4, 0.5) is 5.13 Å². The van der Waals surface area contributed by atoms with Crippen molar-refractivity contribution in [1.29, 1.82) is 0 Å². The topological polar surface area (TPSA) is 91.4 Å². The molecule has 8 heteroatoms. The summed E-state index contributed by atoms with van der Waals surface area (Å²) in [5, 5.41) is 7.81. The first-order chi connectivity index (χ1) is 14.1. The van der Waals surface area contributed by atoms with Crippen LogP contribution >= 0.6 is 11.3 Å². The van der Waals surface area contributed by atoms with E-state index in [9.17, 15) is 14.4 Å². The summed E-state index contributed by atoms with van der Waals surface area (Å²) in [5.41, 5.74) is 1.21.